The number of nitrogens with zero attached hydrogens (tertiary/aromatic N) is 1. The van der Waals surface area contributed by atoms with Gasteiger partial charge in [-0.15, -0.1) is 0 Å². The van der Waals surface area contributed by atoms with Gasteiger partial charge in [0.2, 0.25) is 0 Å². The van der Waals surface area contributed by atoms with E-state index in [-0.39, 0.29) is 0 Å². The van der Waals surface area contributed by atoms with Crippen LogP contribution in [0.15, 0.2) is 4.99 Å². The van der Waals surface area contributed by atoms with Crippen LogP contribution in [-0.2, 0) is 4.74 Å². The molecule has 0 amide bonds. The van der Waals surface area contributed by atoms with E-state index in [1.54, 1.807) is 0 Å². The van der Waals surface area contributed by atoms with Crippen molar-refractivity contribution in [1.82, 2.24) is 5.32 Å². The van der Waals surface area contributed by atoms with Gasteiger partial charge in [-0.3, -0.25) is 4.99 Å². The molecule has 1 N–H and O–H groups in total. The second kappa shape index (κ2) is 4.33. The molecule has 2 atom stereocenters. The van der Waals surface area contributed by atoms with E-state index in [2.05, 4.69) is 17.2 Å². The average molecular weight is 200 g/mol. The van der Waals surface area contributed by atoms with E-state index < -0.39 is 0 Å². The SMILES string of the molecule is CC1OCCC1NC1=NCCCS1. The molecule has 3 nitrogen and oxygen atoms in total. The fraction of sp³-hybridized carbons (Fsp3) is 0.889. The predicted molar refractivity (Wildman–Crippen MR) is 56.3 cm³/mol. The fourth-order valence-electron chi connectivity index (χ4n) is 1.63. The molecule has 0 saturated carbocycles. The summed E-state index contributed by atoms with van der Waals surface area (Å²) in [5, 5.41) is 4.57. The molecule has 0 aliphatic carbocycles. The Hall–Kier alpha value is -0.220. The summed E-state index contributed by atoms with van der Waals surface area (Å²) >= 11 is 1.84. The van der Waals surface area contributed by atoms with Crippen molar-refractivity contribution in [3.05, 3.63) is 0 Å². The van der Waals surface area contributed by atoms with E-state index in [0.29, 0.717) is 12.1 Å². The lowest BCUT2D eigenvalue weighted by molar-refractivity contribution is 0.116. The fourth-order valence-corrected chi connectivity index (χ4v) is 2.51. The number of amidine groups is 1. The van der Waals surface area contributed by atoms with Crippen LogP contribution in [0.25, 0.3) is 0 Å². The molecular weight excluding hydrogens is 184 g/mol. The molecule has 4 heteroatoms. The number of thioether (sulfide) groups is 1. The monoisotopic (exact) mass is 200 g/mol. The maximum absolute atomic E-state index is 5.48. The highest BCUT2D eigenvalue weighted by Gasteiger charge is 2.25. The second-order valence-electron chi connectivity index (χ2n) is 3.50. The van der Waals surface area contributed by atoms with Crippen LogP contribution in [0, 0.1) is 0 Å². The lowest BCUT2D eigenvalue weighted by atomic mass is 10.2. The molecule has 2 aliphatic rings. The van der Waals surface area contributed by atoms with Crippen molar-refractivity contribution in [1.29, 1.82) is 0 Å². The largest absolute Gasteiger partial charge is 0.376 e. The summed E-state index contributed by atoms with van der Waals surface area (Å²) in [4.78, 5) is 4.44. The molecule has 1 fully saturated rings. The van der Waals surface area contributed by atoms with E-state index in [0.717, 1.165) is 24.7 Å². The zero-order valence-electron chi connectivity index (χ0n) is 7.95. The van der Waals surface area contributed by atoms with E-state index >= 15 is 0 Å². The van der Waals surface area contributed by atoms with Gasteiger partial charge in [0.25, 0.3) is 0 Å². The minimum absolute atomic E-state index is 0.338. The molecule has 74 valence electrons. The highest BCUT2D eigenvalue weighted by atomic mass is 32.2. The van der Waals surface area contributed by atoms with Crippen molar-refractivity contribution in [2.45, 2.75) is 31.9 Å². The maximum Gasteiger partial charge on any atom is 0.156 e. The number of hydrogen-bond acceptors (Lipinski definition) is 4. The molecule has 2 unspecified atom stereocenters. The molecule has 2 heterocycles. The molecule has 2 rings (SSSR count). The van der Waals surface area contributed by atoms with Gasteiger partial charge < -0.3 is 10.1 Å². The number of nitrogens with one attached hydrogen (secondary N) is 1. The first kappa shape index (κ1) is 9.34. The van der Waals surface area contributed by atoms with E-state index in [1.165, 1.54) is 12.2 Å². The molecule has 0 aromatic heterocycles. The van der Waals surface area contributed by atoms with Gasteiger partial charge >= 0.3 is 0 Å². The van der Waals surface area contributed by atoms with Gasteiger partial charge in [-0.05, 0) is 19.8 Å². The smallest absolute Gasteiger partial charge is 0.156 e. The molecule has 0 aromatic carbocycles. The lowest BCUT2D eigenvalue weighted by Gasteiger charge is -2.20. The summed E-state index contributed by atoms with van der Waals surface area (Å²) in [7, 11) is 0. The Kier molecular flexibility index (Phi) is 3.11. The highest BCUT2D eigenvalue weighted by molar-refractivity contribution is 8.13. The van der Waals surface area contributed by atoms with Gasteiger partial charge in [-0.1, -0.05) is 11.8 Å². The standard InChI is InChI=1S/C9H16N2OS/c1-7-8(3-5-12-7)11-9-10-4-2-6-13-9/h7-8H,2-6H2,1H3,(H,10,11). The number of hydrogen-bond donors (Lipinski definition) is 1. The third-order valence-corrected chi connectivity index (χ3v) is 3.49. The van der Waals surface area contributed by atoms with Crippen molar-refractivity contribution in [2.75, 3.05) is 18.9 Å². The summed E-state index contributed by atoms with van der Waals surface area (Å²) in [6.45, 7) is 3.99. The van der Waals surface area contributed by atoms with Crippen LogP contribution in [0.2, 0.25) is 0 Å². The summed E-state index contributed by atoms with van der Waals surface area (Å²) in [5.74, 6) is 1.20. The highest BCUT2D eigenvalue weighted by Crippen LogP contribution is 2.16. The first-order chi connectivity index (χ1) is 6.36. The third kappa shape index (κ3) is 2.38. The van der Waals surface area contributed by atoms with Gasteiger partial charge in [-0.2, -0.15) is 0 Å². The van der Waals surface area contributed by atoms with Crippen LogP contribution in [-0.4, -0.2) is 36.2 Å². The van der Waals surface area contributed by atoms with Crippen molar-refractivity contribution >= 4 is 16.9 Å². The van der Waals surface area contributed by atoms with Crippen LogP contribution in [0.3, 0.4) is 0 Å². The quantitative estimate of drug-likeness (QED) is 0.691. The van der Waals surface area contributed by atoms with Crippen LogP contribution in [0.4, 0.5) is 0 Å². The summed E-state index contributed by atoms with van der Waals surface area (Å²) < 4.78 is 5.48. The minimum Gasteiger partial charge on any atom is -0.376 e. The van der Waals surface area contributed by atoms with Gasteiger partial charge in [0.1, 0.15) is 0 Å². The van der Waals surface area contributed by atoms with E-state index in [1.807, 2.05) is 11.8 Å². The average Bonchev–Trinajstić information content (AvgIpc) is 2.54. The topological polar surface area (TPSA) is 33.6 Å². The molecule has 2 aliphatic heterocycles. The lowest BCUT2D eigenvalue weighted by Crippen LogP contribution is -2.38. The minimum atomic E-state index is 0.338. The molecule has 0 radical (unpaired) electrons. The third-order valence-electron chi connectivity index (χ3n) is 2.48. The van der Waals surface area contributed by atoms with E-state index in [9.17, 15) is 0 Å². The Morgan fingerprint density at radius 3 is 3.15 bits per heavy atom. The van der Waals surface area contributed by atoms with Crippen LogP contribution < -0.4 is 5.32 Å². The summed E-state index contributed by atoms with van der Waals surface area (Å²) in [6.07, 6.45) is 2.66. The number of aliphatic imine (C=N–C) groups is 1. The van der Waals surface area contributed by atoms with Crippen molar-refractivity contribution in [3.63, 3.8) is 0 Å². The molecule has 0 aromatic rings. The zero-order valence-corrected chi connectivity index (χ0v) is 8.77. The Morgan fingerprint density at radius 1 is 1.62 bits per heavy atom. The van der Waals surface area contributed by atoms with Crippen LogP contribution in [0.1, 0.15) is 19.8 Å². The predicted octanol–water partition coefficient (Wildman–Crippen LogP) is 1.25. The first-order valence-corrected chi connectivity index (χ1v) is 5.90. The number of ether oxygens (including phenoxy) is 1. The number of rotatable bonds is 1. The Morgan fingerprint density at radius 2 is 2.54 bits per heavy atom. The van der Waals surface area contributed by atoms with Gasteiger partial charge in [0, 0.05) is 18.9 Å². The summed E-state index contributed by atoms with van der Waals surface area (Å²) in [5.41, 5.74) is 0. The van der Waals surface area contributed by atoms with Crippen molar-refractivity contribution in [2.24, 2.45) is 4.99 Å². The van der Waals surface area contributed by atoms with Gasteiger partial charge in [-0.25, -0.2) is 0 Å². The van der Waals surface area contributed by atoms with Crippen molar-refractivity contribution < 1.29 is 4.74 Å². The van der Waals surface area contributed by atoms with E-state index in [4.69, 9.17) is 4.74 Å². The molecule has 13 heavy (non-hydrogen) atoms. The van der Waals surface area contributed by atoms with Gasteiger partial charge in [0.05, 0.1) is 12.1 Å². The van der Waals surface area contributed by atoms with Crippen LogP contribution >= 0.6 is 11.8 Å². The normalized spacial score (nSPS) is 34.4. The van der Waals surface area contributed by atoms with Crippen molar-refractivity contribution in [3.8, 4) is 0 Å². The maximum atomic E-state index is 5.48. The Balaban J connectivity index is 1.85. The molecule has 0 bridgehead atoms. The van der Waals surface area contributed by atoms with Crippen LogP contribution in [0.5, 0.6) is 0 Å². The Labute approximate surface area is 83.3 Å². The van der Waals surface area contributed by atoms with Gasteiger partial charge in [0.15, 0.2) is 5.17 Å². The molecule has 0 spiro atoms. The molecule has 1 saturated heterocycles. The summed E-state index contributed by atoms with van der Waals surface area (Å²) in [6, 6.07) is 0.476. The Bertz CT molecular complexity index is 208. The first-order valence-electron chi connectivity index (χ1n) is 4.91. The molecular formula is C9H16N2OS. The second-order valence-corrected chi connectivity index (χ2v) is 4.59. The zero-order chi connectivity index (χ0) is 9.10.